The van der Waals surface area contributed by atoms with Crippen molar-refractivity contribution in [1.82, 2.24) is 5.32 Å². The van der Waals surface area contributed by atoms with Gasteiger partial charge in [0, 0.05) is 41.5 Å². The molecule has 1 fully saturated rings. The van der Waals surface area contributed by atoms with Crippen molar-refractivity contribution in [2.75, 3.05) is 31.3 Å². The first kappa shape index (κ1) is 19.1. The molecule has 1 rings (SSSR count). The van der Waals surface area contributed by atoms with Gasteiger partial charge in [-0.2, -0.15) is 0 Å². The molecular formula is C16H33NO3S. The molecule has 0 radical (unpaired) electrons. The van der Waals surface area contributed by atoms with E-state index in [-0.39, 0.29) is 0 Å². The number of unbranched alkanes of at least 4 members (excludes halogenated alkanes) is 1. The number of rotatable bonds is 11. The van der Waals surface area contributed by atoms with Crippen molar-refractivity contribution in [3.8, 4) is 0 Å². The van der Waals surface area contributed by atoms with Gasteiger partial charge in [0.15, 0.2) is 0 Å². The number of nitrogens with one attached hydrogen (secondary N) is 1. The summed E-state index contributed by atoms with van der Waals surface area (Å²) in [6, 6.07) is 0.408. The molecule has 4 nitrogen and oxygen atoms in total. The maximum atomic E-state index is 11.3. The number of hydrogen-bond acceptors (Lipinski definition) is 4. The Hall–Kier alpha value is 0.0300. The zero-order chi connectivity index (χ0) is 15.5. The Kier molecular flexibility index (Phi) is 10.5. The Balaban J connectivity index is 2.05. The third-order valence-corrected chi connectivity index (χ3v) is 5.62. The molecule has 2 unspecified atom stereocenters. The van der Waals surface area contributed by atoms with Crippen molar-refractivity contribution in [1.29, 1.82) is 0 Å². The zero-order valence-electron chi connectivity index (χ0n) is 13.7. The summed E-state index contributed by atoms with van der Waals surface area (Å²) >= 11 is 0. The van der Waals surface area contributed by atoms with Crippen LogP contribution in [0.5, 0.6) is 0 Å². The fourth-order valence-corrected chi connectivity index (χ4v) is 3.93. The fourth-order valence-electron chi connectivity index (χ4n) is 2.63. The van der Waals surface area contributed by atoms with Gasteiger partial charge in [0.1, 0.15) is 0 Å². The molecule has 1 saturated heterocycles. The Bertz CT molecular complexity index is 279. The Morgan fingerprint density at radius 3 is 2.62 bits per heavy atom. The van der Waals surface area contributed by atoms with Crippen molar-refractivity contribution in [3.05, 3.63) is 0 Å². The summed E-state index contributed by atoms with van der Waals surface area (Å²) in [6.45, 7) is 6.16. The summed E-state index contributed by atoms with van der Waals surface area (Å²) in [4.78, 5) is 0. The summed E-state index contributed by atoms with van der Waals surface area (Å²) in [5, 5.41) is 13.3. The average Bonchev–Trinajstić information content (AvgIpc) is 2.50. The molecule has 0 aromatic carbocycles. The molecule has 0 aromatic heterocycles. The van der Waals surface area contributed by atoms with Crippen LogP contribution in [0, 0.1) is 5.92 Å². The van der Waals surface area contributed by atoms with E-state index in [0.29, 0.717) is 25.1 Å². The minimum atomic E-state index is -0.617. The molecule has 1 aliphatic rings. The van der Waals surface area contributed by atoms with Crippen molar-refractivity contribution >= 4 is 10.8 Å². The number of hydrogen-bond donors (Lipinski definition) is 2. The molecule has 126 valence electrons. The topological polar surface area (TPSA) is 58.6 Å². The number of aliphatic hydroxyl groups is 1. The molecule has 0 bridgehead atoms. The Labute approximate surface area is 132 Å². The molecule has 0 amide bonds. The van der Waals surface area contributed by atoms with E-state index in [2.05, 4.69) is 19.2 Å². The lowest BCUT2D eigenvalue weighted by Crippen LogP contribution is -2.41. The first-order valence-corrected chi connectivity index (χ1v) is 9.98. The van der Waals surface area contributed by atoms with Crippen LogP contribution in [-0.4, -0.2) is 52.7 Å². The normalized spacial score (nSPS) is 25.7. The van der Waals surface area contributed by atoms with Crippen molar-refractivity contribution in [3.63, 3.8) is 0 Å². The van der Waals surface area contributed by atoms with Gasteiger partial charge < -0.3 is 15.2 Å². The maximum Gasteiger partial charge on any atom is 0.0897 e. The van der Waals surface area contributed by atoms with E-state index in [4.69, 9.17) is 4.74 Å². The van der Waals surface area contributed by atoms with E-state index in [1.54, 1.807) is 0 Å². The molecule has 1 aliphatic heterocycles. The standard InChI is InChI=1S/C16H33NO3S/c1-3-5-6-14(4-2)12-20-13-16(18)11-17-15-7-9-21(19)10-8-15/h14-18H,3-13H2,1-2H3. The van der Waals surface area contributed by atoms with Crippen molar-refractivity contribution < 1.29 is 14.1 Å². The summed E-state index contributed by atoms with van der Waals surface area (Å²) in [7, 11) is -0.617. The zero-order valence-corrected chi connectivity index (χ0v) is 14.5. The fraction of sp³-hybridized carbons (Fsp3) is 1.00. The minimum absolute atomic E-state index is 0.408. The van der Waals surface area contributed by atoms with Crippen LogP contribution >= 0.6 is 0 Å². The molecule has 2 N–H and O–H groups in total. The molecule has 0 spiro atoms. The van der Waals surface area contributed by atoms with Gasteiger partial charge in [0.2, 0.25) is 0 Å². The van der Waals surface area contributed by atoms with Crippen LogP contribution in [0.3, 0.4) is 0 Å². The quantitative estimate of drug-likeness (QED) is 0.612. The Morgan fingerprint density at radius 1 is 1.29 bits per heavy atom. The van der Waals surface area contributed by atoms with Crippen LogP contribution in [0.15, 0.2) is 0 Å². The predicted octanol–water partition coefficient (Wildman–Crippen LogP) is 2.08. The van der Waals surface area contributed by atoms with Crippen LogP contribution in [-0.2, 0) is 15.5 Å². The van der Waals surface area contributed by atoms with Crippen LogP contribution in [0.2, 0.25) is 0 Å². The van der Waals surface area contributed by atoms with Gasteiger partial charge in [-0.1, -0.05) is 33.1 Å². The smallest absolute Gasteiger partial charge is 0.0897 e. The van der Waals surface area contributed by atoms with E-state index < -0.39 is 16.9 Å². The van der Waals surface area contributed by atoms with Gasteiger partial charge in [0.05, 0.1) is 12.7 Å². The summed E-state index contributed by atoms with van der Waals surface area (Å²) in [5.41, 5.74) is 0. The van der Waals surface area contributed by atoms with Gasteiger partial charge in [-0.3, -0.25) is 4.21 Å². The monoisotopic (exact) mass is 319 g/mol. The molecule has 21 heavy (non-hydrogen) atoms. The van der Waals surface area contributed by atoms with Crippen LogP contribution < -0.4 is 5.32 Å². The SMILES string of the molecule is CCCCC(CC)COCC(O)CNC1CCS(=O)CC1. The lowest BCUT2D eigenvalue weighted by Gasteiger charge is -2.24. The lowest BCUT2D eigenvalue weighted by atomic mass is 10.0. The molecule has 0 saturated carbocycles. The van der Waals surface area contributed by atoms with Crippen LogP contribution in [0.1, 0.15) is 52.4 Å². The summed E-state index contributed by atoms with van der Waals surface area (Å²) in [5.74, 6) is 2.21. The second-order valence-electron chi connectivity index (χ2n) is 6.14. The summed E-state index contributed by atoms with van der Waals surface area (Å²) in [6.07, 6.45) is 6.32. The van der Waals surface area contributed by atoms with Crippen LogP contribution in [0.25, 0.3) is 0 Å². The van der Waals surface area contributed by atoms with Crippen molar-refractivity contribution in [2.45, 2.75) is 64.5 Å². The number of ether oxygens (including phenoxy) is 1. The minimum Gasteiger partial charge on any atom is -0.389 e. The van der Waals surface area contributed by atoms with E-state index in [1.807, 2.05) is 0 Å². The van der Waals surface area contributed by atoms with Crippen LogP contribution in [0.4, 0.5) is 0 Å². The first-order chi connectivity index (χ1) is 10.2. The lowest BCUT2D eigenvalue weighted by molar-refractivity contribution is 0.0182. The highest BCUT2D eigenvalue weighted by atomic mass is 32.2. The van der Waals surface area contributed by atoms with E-state index >= 15 is 0 Å². The highest BCUT2D eigenvalue weighted by molar-refractivity contribution is 7.85. The second-order valence-corrected chi connectivity index (χ2v) is 7.83. The van der Waals surface area contributed by atoms with E-state index in [9.17, 15) is 9.32 Å². The van der Waals surface area contributed by atoms with Gasteiger partial charge in [0.25, 0.3) is 0 Å². The highest BCUT2D eigenvalue weighted by Crippen LogP contribution is 2.13. The molecule has 0 aromatic rings. The van der Waals surface area contributed by atoms with Gasteiger partial charge in [-0.15, -0.1) is 0 Å². The van der Waals surface area contributed by atoms with E-state index in [0.717, 1.165) is 37.4 Å². The first-order valence-electron chi connectivity index (χ1n) is 8.49. The second kappa shape index (κ2) is 11.6. The molecule has 5 heteroatoms. The molecular weight excluding hydrogens is 286 g/mol. The Morgan fingerprint density at radius 2 is 2.00 bits per heavy atom. The third kappa shape index (κ3) is 8.91. The third-order valence-electron chi connectivity index (χ3n) is 4.24. The average molecular weight is 320 g/mol. The molecule has 0 aliphatic carbocycles. The predicted molar refractivity (Wildman–Crippen MR) is 89.0 cm³/mol. The van der Waals surface area contributed by atoms with Gasteiger partial charge >= 0.3 is 0 Å². The molecule has 1 heterocycles. The van der Waals surface area contributed by atoms with Gasteiger partial charge in [-0.25, -0.2) is 0 Å². The maximum absolute atomic E-state index is 11.3. The molecule has 2 atom stereocenters. The largest absolute Gasteiger partial charge is 0.389 e. The van der Waals surface area contributed by atoms with E-state index in [1.165, 1.54) is 19.3 Å². The summed E-state index contributed by atoms with van der Waals surface area (Å²) < 4.78 is 16.9. The number of aliphatic hydroxyl groups excluding tert-OH is 1. The van der Waals surface area contributed by atoms with Gasteiger partial charge in [-0.05, 0) is 25.2 Å². The highest BCUT2D eigenvalue weighted by Gasteiger charge is 2.18. The van der Waals surface area contributed by atoms with Crippen molar-refractivity contribution in [2.24, 2.45) is 5.92 Å².